The molecule has 164 valence electrons. The molecule has 0 bridgehead atoms. The first kappa shape index (κ1) is 22.6. The number of alkyl halides is 3. The maximum atomic E-state index is 13.1. The zero-order valence-electron chi connectivity index (χ0n) is 16.2. The quantitative estimate of drug-likeness (QED) is 0.564. The van der Waals surface area contributed by atoms with Gasteiger partial charge in [-0.15, -0.1) is 0 Å². The van der Waals surface area contributed by atoms with Crippen LogP contribution in [0.3, 0.4) is 0 Å². The minimum absolute atomic E-state index is 0.0502. The van der Waals surface area contributed by atoms with Gasteiger partial charge in [0.2, 0.25) is 15.9 Å². The highest BCUT2D eigenvalue weighted by atomic mass is 32.2. The van der Waals surface area contributed by atoms with Gasteiger partial charge in [-0.3, -0.25) is 4.79 Å². The summed E-state index contributed by atoms with van der Waals surface area (Å²) >= 11 is 0. The molecule has 0 aliphatic rings. The maximum Gasteiger partial charge on any atom is 0.416 e. The number of furan rings is 1. The van der Waals surface area contributed by atoms with Crippen LogP contribution in [0, 0.1) is 0 Å². The Labute approximate surface area is 177 Å². The molecule has 31 heavy (non-hydrogen) atoms. The van der Waals surface area contributed by atoms with Crippen molar-refractivity contribution in [3.05, 3.63) is 89.9 Å². The third kappa shape index (κ3) is 5.96. The number of halogens is 3. The first-order valence-corrected chi connectivity index (χ1v) is 10.6. The molecule has 0 saturated carbocycles. The normalized spacial score (nSPS) is 12.1. The number of carbonyl (C=O) groups excluding carboxylic acids is 1. The smallest absolute Gasteiger partial charge is 0.416 e. The number of hydrogen-bond donors (Lipinski definition) is 1. The molecular weight excluding hydrogens is 433 g/mol. The standard InChI is InChI=1S/C21H19F3N2O4S/c22-21(23,24)17-8-4-10-19(12-17)31(28,29)26(14-16-6-2-1-3-7-16)15-20(27)25-13-18-9-5-11-30-18/h1-12H,13-15H2,(H,25,27). The maximum absolute atomic E-state index is 13.1. The average molecular weight is 452 g/mol. The van der Waals surface area contributed by atoms with Crippen LogP contribution < -0.4 is 5.32 Å². The fraction of sp³-hybridized carbons (Fsp3) is 0.190. The van der Waals surface area contributed by atoms with E-state index in [1.54, 1.807) is 42.5 Å². The molecular formula is C21H19F3N2O4S. The minimum atomic E-state index is -4.70. The predicted octanol–water partition coefficient (Wildman–Crippen LogP) is 3.81. The molecule has 3 rings (SSSR count). The molecule has 2 aromatic carbocycles. The van der Waals surface area contributed by atoms with Crippen LogP contribution in [0.1, 0.15) is 16.9 Å². The van der Waals surface area contributed by atoms with Crippen LogP contribution in [0.5, 0.6) is 0 Å². The minimum Gasteiger partial charge on any atom is -0.467 e. The molecule has 3 aromatic rings. The number of benzene rings is 2. The summed E-state index contributed by atoms with van der Waals surface area (Å²) in [6.45, 7) is -0.712. The lowest BCUT2D eigenvalue weighted by Gasteiger charge is -2.22. The second-order valence-corrected chi connectivity index (χ2v) is 8.58. The van der Waals surface area contributed by atoms with E-state index in [1.165, 1.54) is 6.26 Å². The summed E-state index contributed by atoms with van der Waals surface area (Å²) in [5.74, 6) is -0.147. The SMILES string of the molecule is O=C(CN(Cc1ccccc1)S(=O)(=O)c1cccc(C(F)(F)F)c1)NCc1ccco1. The third-order valence-electron chi connectivity index (χ3n) is 4.36. The van der Waals surface area contributed by atoms with Gasteiger partial charge in [-0.2, -0.15) is 17.5 Å². The van der Waals surface area contributed by atoms with E-state index in [2.05, 4.69) is 5.32 Å². The van der Waals surface area contributed by atoms with Crippen molar-refractivity contribution >= 4 is 15.9 Å². The topological polar surface area (TPSA) is 79.6 Å². The van der Waals surface area contributed by atoms with E-state index in [0.29, 0.717) is 17.4 Å². The largest absolute Gasteiger partial charge is 0.467 e. The highest BCUT2D eigenvalue weighted by Crippen LogP contribution is 2.31. The summed E-state index contributed by atoms with van der Waals surface area (Å²) < 4.78 is 71.4. The Hall–Kier alpha value is -3.11. The van der Waals surface area contributed by atoms with Crippen LogP contribution in [-0.2, 0) is 34.1 Å². The lowest BCUT2D eigenvalue weighted by Crippen LogP contribution is -2.40. The van der Waals surface area contributed by atoms with Gasteiger partial charge in [-0.1, -0.05) is 36.4 Å². The van der Waals surface area contributed by atoms with E-state index in [1.807, 2.05) is 0 Å². The molecule has 0 saturated heterocycles. The van der Waals surface area contributed by atoms with Crippen molar-refractivity contribution in [1.29, 1.82) is 0 Å². The lowest BCUT2D eigenvalue weighted by molar-refractivity contribution is -0.137. The van der Waals surface area contributed by atoms with Gasteiger partial charge in [0.25, 0.3) is 0 Å². The monoisotopic (exact) mass is 452 g/mol. The second-order valence-electron chi connectivity index (χ2n) is 6.64. The molecule has 0 atom stereocenters. The van der Waals surface area contributed by atoms with Crippen molar-refractivity contribution in [2.45, 2.75) is 24.2 Å². The zero-order chi connectivity index (χ0) is 22.5. The van der Waals surface area contributed by atoms with E-state index < -0.39 is 39.1 Å². The Morgan fingerprint density at radius 3 is 2.39 bits per heavy atom. The van der Waals surface area contributed by atoms with Gasteiger partial charge in [-0.05, 0) is 35.9 Å². The molecule has 0 spiro atoms. The van der Waals surface area contributed by atoms with Gasteiger partial charge in [0.15, 0.2) is 0 Å². The number of nitrogens with zero attached hydrogens (tertiary/aromatic N) is 1. The van der Waals surface area contributed by atoms with Crippen molar-refractivity contribution in [3.63, 3.8) is 0 Å². The third-order valence-corrected chi connectivity index (χ3v) is 6.15. The van der Waals surface area contributed by atoms with E-state index in [0.717, 1.165) is 22.5 Å². The van der Waals surface area contributed by atoms with Crippen LogP contribution in [0.15, 0.2) is 82.3 Å². The highest BCUT2D eigenvalue weighted by Gasteiger charge is 2.33. The molecule has 10 heteroatoms. The summed E-state index contributed by atoms with van der Waals surface area (Å²) in [6.07, 6.45) is -3.27. The molecule has 1 amide bonds. The molecule has 0 aliphatic carbocycles. The number of carbonyl (C=O) groups is 1. The van der Waals surface area contributed by atoms with E-state index in [4.69, 9.17) is 4.42 Å². The molecule has 1 aromatic heterocycles. The molecule has 0 radical (unpaired) electrons. The van der Waals surface area contributed by atoms with Gasteiger partial charge in [0, 0.05) is 6.54 Å². The first-order chi connectivity index (χ1) is 14.7. The Morgan fingerprint density at radius 2 is 1.74 bits per heavy atom. The number of nitrogens with one attached hydrogen (secondary N) is 1. The number of hydrogen-bond acceptors (Lipinski definition) is 4. The molecule has 0 fully saturated rings. The zero-order valence-corrected chi connectivity index (χ0v) is 17.0. The van der Waals surface area contributed by atoms with Crippen LogP contribution >= 0.6 is 0 Å². The van der Waals surface area contributed by atoms with Crippen molar-refractivity contribution in [2.24, 2.45) is 0 Å². The number of rotatable bonds is 8. The fourth-order valence-corrected chi connectivity index (χ4v) is 4.24. The summed E-state index contributed by atoms with van der Waals surface area (Å²) in [4.78, 5) is 11.9. The Kier molecular flexibility index (Phi) is 6.81. The van der Waals surface area contributed by atoms with Crippen molar-refractivity contribution < 1.29 is 30.8 Å². The molecule has 0 unspecified atom stereocenters. The van der Waals surface area contributed by atoms with Crippen LogP contribution in [0.2, 0.25) is 0 Å². The molecule has 0 aliphatic heterocycles. The van der Waals surface area contributed by atoms with Gasteiger partial charge < -0.3 is 9.73 Å². The van der Waals surface area contributed by atoms with Crippen LogP contribution in [0.25, 0.3) is 0 Å². The molecule has 1 N–H and O–H groups in total. The summed E-state index contributed by atoms with van der Waals surface area (Å²) in [5, 5.41) is 2.54. The molecule has 1 heterocycles. The van der Waals surface area contributed by atoms with Gasteiger partial charge in [0.1, 0.15) is 5.76 Å². The highest BCUT2D eigenvalue weighted by molar-refractivity contribution is 7.89. The van der Waals surface area contributed by atoms with Crippen molar-refractivity contribution in [3.8, 4) is 0 Å². The Bertz CT molecular complexity index is 1120. The summed E-state index contributed by atoms with van der Waals surface area (Å²) in [5.41, 5.74) is -0.507. The molecule has 6 nitrogen and oxygen atoms in total. The average Bonchev–Trinajstić information content (AvgIpc) is 3.26. The van der Waals surface area contributed by atoms with Crippen LogP contribution in [-0.4, -0.2) is 25.2 Å². The van der Waals surface area contributed by atoms with Crippen LogP contribution in [0.4, 0.5) is 13.2 Å². The van der Waals surface area contributed by atoms with Crippen molar-refractivity contribution in [2.75, 3.05) is 6.54 Å². The predicted molar refractivity (Wildman–Crippen MR) is 106 cm³/mol. The summed E-state index contributed by atoms with van der Waals surface area (Å²) in [6, 6.07) is 15.2. The Balaban J connectivity index is 1.86. The van der Waals surface area contributed by atoms with Gasteiger partial charge in [0.05, 0.1) is 29.8 Å². The summed E-state index contributed by atoms with van der Waals surface area (Å²) in [7, 11) is -4.40. The lowest BCUT2D eigenvalue weighted by atomic mass is 10.2. The van der Waals surface area contributed by atoms with E-state index in [9.17, 15) is 26.4 Å². The van der Waals surface area contributed by atoms with Gasteiger partial charge >= 0.3 is 6.18 Å². The first-order valence-electron chi connectivity index (χ1n) is 9.16. The van der Waals surface area contributed by atoms with E-state index >= 15 is 0 Å². The number of sulfonamides is 1. The van der Waals surface area contributed by atoms with Crippen molar-refractivity contribution in [1.82, 2.24) is 9.62 Å². The Morgan fingerprint density at radius 1 is 1.00 bits per heavy atom. The fourth-order valence-electron chi connectivity index (χ4n) is 2.81. The van der Waals surface area contributed by atoms with Gasteiger partial charge in [-0.25, -0.2) is 8.42 Å². The van der Waals surface area contributed by atoms with E-state index in [-0.39, 0.29) is 13.1 Å². The number of amides is 1. The second kappa shape index (κ2) is 9.36.